The number of aromatic nitrogens is 3. The van der Waals surface area contributed by atoms with Crippen LogP contribution in [-0.2, 0) is 15.1 Å². The molecule has 2 aliphatic rings. The van der Waals surface area contributed by atoms with Crippen LogP contribution in [0.2, 0.25) is 0 Å². The fourth-order valence-electron chi connectivity index (χ4n) is 4.15. The highest BCUT2D eigenvalue weighted by Crippen LogP contribution is 2.35. The summed E-state index contributed by atoms with van der Waals surface area (Å²) in [5.41, 5.74) is 1.65. The average Bonchev–Trinajstić information content (AvgIpc) is 3.32. The normalized spacial score (nSPS) is 21.1. The molecule has 2 atom stereocenters. The van der Waals surface area contributed by atoms with Gasteiger partial charge in [0, 0.05) is 17.5 Å². The Morgan fingerprint density at radius 2 is 2.00 bits per heavy atom. The van der Waals surface area contributed by atoms with Crippen molar-refractivity contribution in [3.05, 3.63) is 41.7 Å². The summed E-state index contributed by atoms with van der Waals surface area (Å²) in [5, 5.41) is 24.2. The number of ether oxygens (including phenoxy) is 3. The number of aliphatic hydroxyl groups is 1. The number of nitrogens with one attached hydrogen (secondary N) is 1. The zero-order valence-electron chi connectivity index (χ0n) is 18.9. The molecule has 9 nitrogen and oxygen atoms in total. The van der Waals surface area contributed by atoms with E-state index < -0.39 is 5.60 Å². The molecule has 0 amide bonds. The molecule has 2 fully saturated rings. The first-order chi connectivity index (χ1) is 15.8. The molecular formula is C24H27N5O4. The van der Waals surface area contributed by atoms with Gasteiger partial charge in [0.25, 0.3) is 0 Å². The number of fused-ring (bicyclic) bond motifs is 1. The summed E-state index contributed by atoms with van der Waals surface area (Å²) in [4.78, 5) is 9.20. The van der Waals surface area contributed by atoms with Gasteiger partial charge in [-0.15, -0.1) is 0 Å². The van der Waals surface area contributed by atoms with Crippen LogP contribution in [0.25, 0.3) is 11.0 Å². The molecule has 2 N–H and O–H groups in total. The molecule has 1 aromatic carbocycles. The van der Waals surface area contributed by atoms with Crippen molar-refractivity contribution >= 4 is 22.7 Å². The maximum absolute atomic E-state index is 10.4. The molecule has 5 rings (SSSR count). The lowest BCUT2D eigenvalue weighted by atomic mass is 9.98. The van der Waals surface area contributed by atoms with Gasteiger partial charge in [0.1, 0.15) is 29.3 Å². The summed E-state index contributed by atoms with van der Waals surface area (Å²) in [7, 11) is 0. The molecular weight excluding hydrogens is 422 g/mol. The van der Waals surface area contributed by atoms with Crippen molar-refractivity contribution in [2.75, 3.05) is 31.7 Å². The summed E-state index contributed by atoms with van der Waals surface area (Å²) in [6.45, 7) is 7.84. The lowest BCUT2D eigenvalue weighted by Crippen LogP contribution is -2.38. The summed E-state index contributed by atoms with van der Waals surface area (Å²) in [5.74, 6) is 1.26. The molecule has 0 saturated carbocycles. The quantitative estimate of drug-likeness (QED) is 0.589. The SMILES string of the molecule is C[C@H]1COC[C@@H]1n1c(C#N)cc2cnc(Nc3ccc(C(C)(C)O)cc3OC3COC3)nc21. The minimum atomic E-state index is -1.00. The number of nitriles is 1. The molecule has 3 aromatic rings. The van der Waals surface area contributed by atoms with E-state index in [-0.39, 0.29) is 18.1 Å². The van der Waals surface area contributed by atoms with Gasteiger partial charge in [-0.2, -0.15) is 10.2 Å². The predicted molar refractivity (Wildman–Crippen MR) is 121 cm³/mol. The Morgan fingerprint density at radius 3 is 2.64 bits per heavy atom. The van der Waals surface area contributed by atoms with E-state index in [2.05, 4.69) is 23.3 Å². The van der Waals surface area contributed by atoms with Crippen LogP contribution in [0.5, 0.6) is 5.75 Å². The number of hydrogen-bond acceptors (Lipinski definition) is 8. The molecule has 2 aliphatic heterocycles. The Kier molecular flexibility index (Phi) is 5.44. The van der Waals surface area contributed by atoms with Crippen molar-refractivity contribution in [3.8, 4) is 11.8 Å². The van der Waals surface area contributed by atoms with E-state index >= 15 is 0 Å². The molecule has 0 spiro atoms. The Morgan fingerprint density at radius 1 is 1.21 bits per heavy atom. The van der Waals surface area contributed by atoms with Gasteiger partial charge in [-0.25, -0.2) is 4.98 Å². The van der Waals surface area contributed by atoms with Crippen molar-refractivity contribution < 1.29 is 19.3 Å². The van der Waals surface area contributed by atoms with Gasteiger partial charge in [-0.05, 0) is 37.6 Å². The first-order valence-electron chi connectivity index (χ1n) is 11.1. The number of hydrogen-bond donors (Lipinski definition) is 2. The zero-order chi connectivity index (χ0) is 23.2. The van der Waals surface area contributed by atoms with Crippen molar-refractivity contribution in [2.24, 2.45) is 5.92 Å². The molecule has 2 aromatic heterocycles. The van der Waals surface area contributed by atoms with Crippen LogP contribution >= 0.6 is 0 Å². The second kappa shape index (κ2) is 8.30. The summed E-state index contributed by atoms with van der Waals surface area (Å²) in [6.07, 6.45) is 1.68. The summed E-state index contributed by atoms with van der Waals surface area (Å²) >= 11 is 0. The maximum Gasteiger partial charge on any atom is 0.229 e. The van der Waals surface area contributed by atoms with E-state index in [0.29, 0.717) is 55.2 Å². The molecule has 0 bridgehead atoms. The third-order valence-electron chi connectivity index (χ3n) is 6.18. The second-order valence-electron chi connectivity index (χ2n) is 9.24. The molecule has 9 heteroatoms. The number of benzene rings is 1. The van der Waals surface area contributed by atoms with Crippen molar-refractivity contribution in [1.82, 2.24) is 14.5 Å². The maximum atomic E-state index is 10.4. The van der Waals surface area contributed by atoms with Crippen LogP contribution in [0.4, 0.5) is 11.6 Å². The highest BCUT2D eigenvalue weighted by atomic mass is 16.6. The van der Waals surface area contributed by atoms with Gasteiger partial charge in [0.2, 0.25) is 5.95 Å². The van der Waals surface area contributed by atoms with E-state index in [1.54, 1.807) is 20.0 Å². The highest BCUT2D eigenvalue weighted by molar-refractivity contribution is 5.80. The largest absolute Gasteiger partial charge is 0.483 e. The molecule has 4 heterocycles. The van der Waals surface area contributed by atoms with Crippen LogP contribution in [0, 0.1) is 17.2 Å². The summed E-state index contributed by atoms with van der Waals surface area (Å²) in [6, 6.07) is 9.66. The van der Waals surface area contributed by atoms with Gasteiger partial charge in [-0.1, -0.05) is 13.0 Å². The lowest BCUT2D eigenvalue weighted by Gasteiger charge is -2.29. The molecule has 0 unspecified atom stereocenters. The topological polar surface area (TPSA) is 114 Å². The van der Waals surface area contributed by atoms with Crippen molar-refractivity contribution in [2.45, 2.75) is 38.5 Å². The van der Waals surface area contributed by atoms with E-state index in [1.165, 1.54) is 0 Å². The highest BCUT2D eigenvalue weighted by Gasteiger charge is 2.30. The third kappa shape index (κ3) is 4.13. The molecule has 0 radical (unpaired) electrons. The molecule has 33 heavy (non-hydrogen) atoms. The lowest BCUT2D eigenvalue weighted by molar-refractivity contribution is -0.0795. The van der Waals surface area contributed by atoms with Crippen LogP contribution in [0.3, 0.4) is 0 Å². The van der Waals surface area contributed by atoms with Gasteiger partial charge in [0.05, 0.1) is 43.8 Å². The number of rotatable bonds is 6. The van der Waals surface area contributed by atoms with Gasteiger partial charge in [-0.3, -0.25) is 0 Å². The Balaban J connectivity index is 1.52. The standard InChI is InChI=1S/C24H27N5O4/c1-14-10-31-13-20(14)29-17(8-25)6-15-9-26-23(28-22(15)29)27-19-5-4-16(24(2,3)30)7-21(19)33-18-11-32-12-18/h4-7,9,14,18,20,30H,10-13H2,1-3H3,(H,26,27,28)/t14-,20-/m0/s1. The first kappa shape index (κ1) is 21.6. The fraction of sp³-hybridized carbons (Fsp3) is 0.458. The minimum absolute atomic E-state index is 0.0368. The first-order valence-corrected chi connectivity index (χ1v) is 11.1. The van der Waals surface area contributed by atoms with Crippen LogP contribution in [-0.4, -0.2) is 52.2 Å². The Labute approximate surface area is 191 Å². The van der Waals surface area contributed by atoms with Gasteiger partial charge in [0.15, 0.2) is 0 Å². The number of nitrogens with zero attached hydrogens (tertiary/aromatic N) is 4. The van der Waals surface area contributed by atoms with Crippen molar-refractivity contribution in [1.29, 1.82) is 5.26 Å². The minimum Gasteiger partial charge on any atom is -0.483 e. The van der Waals surface area contributed by atoms with Crippen molar-refractivity contribution in [3.63, 3.8) is 0 Å². The van der Waals surface area contributed by atoms with Gasteiger partial charge < -0.3 is 29.2 Å². The fourth-order valence-corrected chi connectivity index (χ4v) is 4.15. The van der Waals surface area contributed by atoms with Crippen LogP contribution in [0.15, 0.2) is 30.5 Å². The summed E-state index contributed by atoms with van der Waals surface area (Å²) < 4.78 is 18.9. The van der Waals surface area contributed by atoms with Crippen LogP contribution in [0.1, 0.15) is 38.1 Å². The molecule has 2 saturated heterocycles. The van der Waals surface area contributed by atoms with Gasteiger partial charge >= 0.3 is 0 Å². The third-order valence-corrected chi connectivity index (χ3v) is 6.18. The van der Waals surface area contributed by atoms with E-state index in [1.807, 2.05) is 28.8 Å². The van der Waals surface area contributed by atoms with E-state index in [4.69, 9.17) is 19.2 Å². The molecule has 0 aliphatic carbocycles. The smallest absolute Gasteiger partial charge is 0.229 e. The average molecular weight is 450 g/mol. The monoisotopic (exact) mass is 449 g/mol. The predicted octanol–water partition coefficient (Wildman–Crippen LogP) is 3.26. The second-order valence-corrected chi connectivity index (χ2v) is 9.24. The van der Waals surface area contributed by atoms with E-state index in [9.17, 15) is 10.4 Å². The number of anilines is 2. The Hall–Kier alpha value is -3.19. The zero-order valence-corrected chi connectivity index (χ0v) is 18.9. The molecule has 172 valence electrons. The Bertz CT molecular complexity index is 1220. The van der Waals surface area contributed by atoms with E-state index in [0.717, 1.165) is 10.9 Å². The van der Waals surface area contributed by atoms with Crippen LogP contribution < -0.4 is 10.1 Å².